The number of hydrogen-bond acceptors (Lipinski definition) is 7. The van der Waals surface area contributed by atoms with Gasteiger partial charge in [0.05, 0.1) is 17.4 Å². The van der Waals surface area contributed by atoms with E-state index in [0.717, 1.165) is 68.7 Å². The highest BCUT2D eigenvalue weighted by atomic mass is 16.5. The van der Waals surface area contributed by atoms with E-state index < -0.39 is 6.10 Å². The molecule has 1 aromatic carbocycles. The van der Waals surface area contributed by atoms with Gasteiger partial charge in [-0.1, -0.05) is 12.1 Å². The van der Waals surface area contributed by atoms with Crippen molar-refractivity contribution in [1.29, 1.82) is 0 Å². The summed E-state index contributed by atoms with van der Waals surface area (Å²) in [5, 5.41) is 10.9. The Kier molecular flexibility index (Phi) is 5.72. The Balaban J connectivity index is 1.14. The molecular weight excluding hydrogens is 408 g/mol. The smallest absolute Gasteiger partial charge is 0.338 e. The molecule has 7 nitrogen and oxygen atoms in total. The number of β-amino-alcohol motifs (C(OH)–C–C–N with tert-alkyl or cyclic N) is 1. The molecule has 0 amide bonds. The molecule has 7 heteroatoms. The van der Waals surface area contributed by atoms with Gasteiger partial charge in [0, 0.05) is 32.1 Å². The average molecular weight is 441 g/mol. The lowest BCUT2D eigenvalue weighted by Crippen LogP contribution is -2.47. The maximum Gasteiger partial charge on any atom is 0.338 e. The molecule has 4 heterocycles. The van der Waals surface area contributed by atoms with Gasteiger partial charge in [0.25, 0.3) is 0 Å². The fraction of sp³-hybridized carbons (Fsp3) is 0.600. The first kappa shape index (κ1) is 21.5. The van der Waals surface area contributed by atoms with Crippen molar-refractivity contribution >= 4 is 11.9 Å². The number of rotatable bonds is 4. The predicted octanol–water partition coefficient (Wildman–Crippen LogP) is 2.44. The first-order valence-electron chi connectivity index (χ1n) is 11.8. The molecule has 32 heavy (non-hydrogen) atoms. The summed E-state index contributed by atoms with van der Waals surface area (Å²) < 4.78 is 10.4. The van der Waals surface area contributed by atoms with Crippen molar-refractivity contribution < 1.29 is 24.2 Å². The predicted molar refractivity (Wildman–Crippen MR) is 118 cm³/mol. The number of likely N-dealkylation sites (tertiary alicyclic amines) is 2. The van der Waals surface area contributed by atoms with E-state index in [9.17, 15) is 14.7 Å². The van der Waals surface area contributed by atoms with Crippen LogP contribution in [0.25, 0.3) is 0 Å². The van der Waals surface area contributed by atoms with Crippen LogP contribution in [0.15, 0.2) is 30.0 Å². The quantitative estimate of drug-likeness (QED) is 0.721. The average Bonchev–Trinajstić information content (AvgIpc) is 3.21. The first-order valence-corrected chi connectivity index (χ1v) is 11.8. The van der Waals surface area contributed by atoms with Crippen molar-refractivity contribution in [1.82, 2.24) is 9.80 Å². The largest absolute Gasteiger partial charge is 0.459 e. The summed E-state index contributed by atoms with van der Waals surface area (Å²) in [5.74, 6) is -0.490. The molecule has 0 saturated carbocycles. The number of carbonyl (C=O) groups is 2. The Hall–Kier alpha value is -2.38. The number of aliphatic hydroxyl groups excluding tert-OH is 1. The Morgan fingerprint density at radius 1 is 1.12 bits per heavy atom. The van der Waals surface area contributed by atoms with Gasteiger partial charge in [0.1, 0.15) is 12.7 Å². The van der Waals surface area contributed by atoms with Crippen molar-refractivity contribution in [3.05, 3.63) is 46.7 Å². The molecule has 1 N–H and O–H groups in total. The number of fused-ring (bicyclic) bond motifs is 1. The first-order chi connectivity index (χ1) is 15.4. The number of esters is 2. The molecule has 172 valence electrons. The zero-order valence-corrected chi connectivity index (χ0v) is 18.7. The molecular formula is C25H32N2O5. The van der Waals surface area contributed by atoms with Crippen molar-refractivity contribution in [3.63, 3.8) is 0 Å². The van der Waals surface area contributed by atoms with Gasteiger partial charge in [-0.15, -0.1) is 0 Å². The van der Waals surface area contributed by atoms with Crippen LogP contribution in [0.5, 0.6) is 0 Å². The number of hydrogen-bond donors (Lipinski definition) is 1. The van der Waals surface area contributed by atoms with Gasteiger partial charge in [-0.2, -0.15) is 0 Å². The van der Waals surface area contributed by atoms with Gasteiger partial charge in [0.2, 0.25) is 0 Å². The van der Waals surface area contributed by atoms with Crippen LogP contribution < -0.4 is 0 Å². The Morgan fingerprint density at radius 2 is 1.84 bits per heavy atom. The van der Waals surface area contributed by atoms with Crippen molar-refractivity contribution in [2.24, 2.45) is 5.41 Å². The second-order valence-corrected chi connectivity index (χ2v) is 9.88. The summed E-state index contributed by atoms with van der Waals surface area (Å²) in [7, 11) is 0. The SMILES string of the molecule is C[C@H]1Cc2cc(C(O)CN3CCC4(CC3)CCN(C3=CC(=O)OC3)CC4)ccc2C(=O)O1. The summed E-state index contributed by atoms with van der Waals surface area (Å²) >= 11 is 0. The summed E-state index contributed by atoms with van der Waals surface area (Å²) in [6, 6.07) is 5.62. The number of piperidine rings is 2. The van der Waals surface area contributed by atoms with Crippen molar-refractivity contribution in [3.8, 4) is 0 Å². The Morgan fingerprint density at radius 3 is 2.53 bits per heavy atom. The van der Waals surface area contributed by atoms with E-state index in [2.05, 4.69) is 9.80 Å². The standard InChI is InChI=1S/C25H32N2O5/c1-17-12-19-13-18(2-3-21(19)24(30)32-17)22(28)15-26-8-4-25(5-9-26)6-10-27(11-7-25)20-14-23(29)31-16-20/h2-3,13-14,17,22,28H,4-12,15-16H2,1H3/t17-,22?/m0/s1. The second-order valence-electron chi connectivity index (χ2n) is 9.88. The minimum atomic E-state index is -0.559. The van der Waals surface area contributed by atoms with Crippen LogP contribution in [-0.2, 0) is 20.7 Å². The topological polar surface area (TPSA) is 79.3 Å². The van der Waals surface area contributed by atoms with E-state index in [4.69, 9.17) is 9.47 Å². The van der Waals surface area contributed by atoms with Gasteiger partial charge in [-0.25, -0.2) is 9.59 Å². The molecule has 0 aliphatic carbocycles. The Labute approximate surface area is 189 Å². The molecule has 0 radical (unpaired) electrons. The van der Waals surface area contributed by atoms with E-state index in [0.29, 0.717) is 30.6 Å². The minimum Gasteiger partial charge on any atom is -0.459 e. The normalized spacial score (nSPS) is 26.4. The zero-order valence-electron chi connectivity index (χ0n) is 18.7. The molecule has 1 unspecified atom stereocenters. The lowest BCUT2D eigenvalue weighted by Gasteiger charge is -2.47. The van der Waals surface area contributed by atoms with E-state index in [1.165, 1.54) is 0 Å². The summed E-state index contributed by atoms with van der Waals surface area (Å²) in [6.45, 7) is 6.90. The monoisotopic (exact) mass is 440 g/mol. The highest BCUT2D eigenvalue weighted by molar-refractivity contribution is 5.92. The zero-order chi connectivity index (χ0) is 22.3. The van der Waals surface area contributed by atoms with Gasteiger partial charge in [-0.3, -0.25) is 0 Å². The second kappa shape index (κ2) is 8.52. The fourth-order valence-electron chi connectivity index (χ4n) is 5.66. The highest BCUT2D eigenvalue weighted by Gasteiger charge is 2.38. The van der Waals surface area contributed by atoms with Crippen LogP contribution in [0.3, 0.4) is 0 Å². The van der Waals surface area contributed by atoms with E-state index in [1.54, 1.807) is 12.1 Å². The lowest BCUT2D eigenvalue weighted by atomic mass is 9.71. The summed E-state index contributed by atoms with van der Waals surface area (Å²) in [6.07, 6.45) is 6.24. The Bertz CT molecular complexity index is 924. The molecule has 1 aromatic rings. The van der Waals surface area contributed by atoms with Crippen LogP contribution in [0.2, 0.25) is 0 Å². The number of nitrogens with zero attached hydrogens (tertiary/aromatic N) is 2. The van der Waals surface area contributed by atoms with Crippen molar-refractivity contribution in [2.75, 3.05) is 39.3 Å². The van der Waals surface area contributed by atoms with Crippen LogP contribution >= 0.6 is 0 Å². The van der Waals surface area contributed by atoms with Crippen LogP contribution in [0.1, 0.15) is 60.2 Å². The van der Waals surface area contributed by atoms with E-state index in [-0.39, 0.29) is 18.0 Å². The lowest BCUT2D eigenvalue weighted by molar-refractivity contribution is -0.135. The van der Waals surface area contributed by atoms with Crippen LogP contribution in [-0.4, -0.2) is 72.3 Å². The van der Waals surface area contributed by atoms with E-state index >= 15 is 0 Å². The van der Waals surface area contributed by atoms with Gasteiger partial charge < -0.3 is 24.4 Å². The number of ether oxygens (including phenoxy) is 2. The summed E-state index contributed by atoms with van der Waals surface area (Å²) in [5.41, 5.74) is 3.87. The number of carbonyl (C=O) groups excluding carboxylic acids is 2. The molecule has 5 rings (SSSR count). The van der Waals surface area contributed by atoms with Gasteiger partial charge in [0.15, 0.2) is 0 Å². The highest BCUT2D eigenvalue weighted by Crippen LogP contribution is 2.42. The maximum atomic E-state index is 12.0. The van der Waals surface area contributed by atoms with E-state index in [1.807, 2.05) is 19.1 Å². The van der Waals surface area contributed by atoms with Crippen molar-refractivity contribution in [2.45, 2.75) is 51.2 Å². The number of benzene rings is 1. The third kappa shape index (κ3) is 4.28. The van der Waals surface area contributed by atoms with Crippen LogP contribution in [0, 0.1) is 5.41 Å². The molecule has 2 atom stereocenters. The molecule has 0 aromatic heterocycles. The minimum absolute atomic E-state index is 0.120. The summed E-state index contributed by atoms with van der Waals surface area (Å²) in [4.78, 5) is 28.0. The third-order valence-corrected chi connectivity index (χ3v) is 7.77. The molecule has 4 aliphatic heterocycles. The third-order valence-electron chi connectivity index (χ3n) is 7.77. The molecule has 1 spiro atoms. The number of aliphatic hydroxyl groups is 1. The molecule has 2 fully saturated rings. The van der Waals surface area contributed by atoms with Gasteiger partial charge in [-0.05, 0) is 68.3 Å². The molecule has 4 aliphatic rings. The van der Waals surface area contributed by atoms with Crippen LogP contribution in [0.4, 0.5) is 0 Å². The number of cyclic esters (lactones) is 2. The molecule has 0 bridgehead atoms. The molecule has 2 saturated heterocycles. The fourth-order valence-corrected chi connectivity index (χ4v) is 5.66. The maximum absolute atomic E-state index is 12.0. The van der Waals surface area contributed by atoms with Gasteiger partial charge >= 0.3 is 11.9 Å².